The molecule has 0 aliphatic carbocycles. The van der Waals surface area contributed by atoms with Crippen molar-refractivity contribution < 1.29 is 8.42 Å². The third kappa shape index (κ3) is 5.89. The Morgan fingerprint density at radius 2 is 2.08 bits per heavy atom. The summed E-state index contributed by atoms with van der Waals surface area (Å²) in [5.74, 6) is 0.144. The van der Waals surface area contributed by atoms with Gasteiger partial charge in [0.15, 0.2) is 0 Å². The van der Waals surface area contributed by atoms with Crippen LogP contribution in [0.15, 0.2) is 0 Å². The minimum absolute atomic E-state index is 0.0752. The zero-order valence-corrected chi connectivity index (χ0v) is 9.24. The Balaban J connectivity index is 3.95. The molecule has 0 aliphatic rings. The van der Waals surface area contributed by atoms with E-state index in [4.69, 9.17) is 16.9 Å². The lowest BCUT2D eigenvalue weighted by Gasteiger charge is -2.04. The van der Waals surface area contributed by atoms with Crippen molar-refractivity contribution in [1.82, 2.24) is 0 Å². The average Bonchev–Trinajstić information content (AvgIpc) is 2.06. The van der Waals surface area contributed by atoms with E-state index in [1.54, 1.807) is 0 Å². The van der Waals surface area contributed by atoms with Crippen LogP contribution in [-0.4, -0.2) is 25.8 Å². The highest BCUT2D eigenvalue weighted by atomic mass is 35.5. The highest BCUT2D eigenvalue weighted by Crippen LogP contribution is 2.07. The Bertz CT molecular complexity index is 268. The first-order chi connectivity index (χ1) is 6.05. The highest BCUT2D eigenvalue weighted by Gasteiger charge is 2.13. The predicted octanol–water partition coefficient (Wildman–Crippen LogP) is 1.58. The maximum Gasteiger partial charge on any atom is 0.150 e. The topological polar surface area (TPSA) is 57.9 Å². The van der Waals surface area contributed by atoms with Crippen molar-refractivity contribution in [3.05, 3.63) is 0 Å². The van der Waals surface area contributed by atoms with E-state index in [0.29, 0.717) is 12.8 Å². The van der Waals surface area contributed by atoms with Crippen LogP contribution in [0.5, 0.6) is 0 Å². The zero-order chi connectivity index (χ0) is 10.3. The normalized spacial score (nSPS) is 13.6. The van der Waals surface area contributed by atoms with Gasteiger partial charge in [-0.1, -0.05) is 6.92 Å². The van der Waals surface area contributed by atoms with E-state index >= 15 is 0 Å². The molecule has 0 rings (SSSR count). The average molecular weight is 224 g/mol. The van der Waals surface area contributed by atoms with Crippen LogP contribution in [-0.2, 0) is 9.84 Å². The van der Waals surface area contributed by atoms with E-state index in [0.717, 1.165) is 0 Å². The first-order valence-electron chi connectivity index (χ1n) is 4.21. The fourth-order valence-electron chi connectivity index (χ4n) is 0.911. The molecule has 0 radical (unpaired) electrons. The maximum atomic E-state index is 11.2. The van der Waals surface area contributed by atoms with Gasteiger partial charge in [0.05, 0.1) is 17.7 Å². The van der Waals surface area contributed by atoms with Crippen molar-refractivity contribution in [3.63, 3.8) is 0 Å². The number of nitriles is 1. The molecular weight excluding hydrogens is 210 g/mol. The quantitative estimate of drug-likeness (QED) is 0.643. The van der Waals surface area contributed by atoms with Gasteiger partial charge in [-0.3, -0.25) is 0 Å². The molecule has 0 bridgehead atoms. The first-order valence-corrected chi connectivity index (χ1v) is 6.57. The summed E-state index contributed by atoms with van der Waals surface area (Å²) in [7, 11) is -2.96. The third-order valence-corrected chi connectivity index (χ3v) is 3.92. The van der Waals surface area contributed by atoms with Crippen LogP contribution >= 0.6 is 11.6 Å². The van der Waals surface area contributed by atoms with E-state index in [2.05, 4.69) is 0 Å². The molecule has 1 atom stereocenters. The number of alkyl halides is 1. The van der Waals surface area contributed by atoms with Crippen LogP contribution in [0.3, 0.4) is 0 Å². The van der Waals surface area contributed by atoms with E-state index in [1.165, 1.54) is 0 Å². The summed E-state index contributed by atoms with van der Waals surface area (Å²) >= 11 is 5.46. The standard InChI is InChI=1S/C8H14ClNO2S/c1-2-4-13(11,12)5-3-8(6-9)7-10/h8H,2-6H2,1H3. The van der Waals surface area contributed by atoms with Crippen molar-refractivity contribution in [1.29, 1.82) is 5.26 Å². The lowest BCUT2D eigenvalue weighted by atomic mass is 10.1. The summed E-state index contributed by atoms with van der Waals surface area (Å²) in [5.41, 5.74) is 0. The highest BCUT2D eigenvalue weighted by molar-refractivity contribution is 7.91. The second-order valence-electron chi connectivity index (χ2n) is 2.92. The summed E-state index contributed by atoms with van der Waals surface area (Å²) in [5, 5.41) is 8.52. The molecule has 76 valence electrons. The van der Waals surface area contributed by atoms with Crippen molar-refractivity contribution in [2.45, 2.75) is 19.8 Å². The fraction of sp³-hybridized carbons (Fsp3) is 0.875. The molecule has 1 unspecified atom stereocenters. The molecule has 5 heteroatoms. The Morgan fingerprint density at radius 1 is 1.46 bits per heavy atom. The van der Waals surface area contributed by atoms with Crippen LogP contribution in [0.25, 0.3) is 0 Å². The summed E-state index contributed by atoms with van der Waals surface area (Å²) < 4.78 is 22.4. The lowest BCUT2D eigenvalue weighted by molar-refractivity contribution is 0.586. The molecular formula is C8H14ClNO2S. The molecule has 0 N–H and O–H groups in total. The van der Waals surface area contributed by atoms with Crippen molar-refractivity contribution in [3.8, 4) is 6.07 Å². The van der Waals surface area contributed by atoms with E-state index in [1.807, 2.05) is 13.0 Å². The summed E-state index contributed by atoms with van der Waals surface area (Å²) in [6.07, 6.45) is 0.975. The molecule has 3 nitrogen and oxygen atoms in total. The number of sulfone groups is 1. The second kappa shape index (κ2) is 6.22. The van der Waals surface area contributed by atoms with Crippen LogP contribution in [0.2, 0.25) is 0 Å². The molecule has 0 saturated carbocycles. The maximum absolute atomic E-state index is 11.2. The monoisotopic (exact) mass is 223 g/mol. The SMILES string of the molecule is CCCS(=O)(=O)CCC(C#N)CCl. The molecule has 13 heavy (non-hydrogen) atoms. The number of halogens is 1. The summed E-state index contributed by atoms with van der Waals surface area (Å²) in [6, 6.07) is 1.97. The van der Waals surface area contributed by atoms with Gasteiger partial charge in [0.25, 0.3) is 0 Å². The number of nitrogens with zero attached hydrogens (tertiary/aromatic N) is 1. The molecule has 0 amide bonds. The van der Waals surface area contributed by atoms with Gasteiger partial charge in [0, 0.05) is 11.6 Å². The zero-order valence-electron chi connectivity index (χ0n) is 7.66. The number of hydrogen-bond donors (Lipinski definition) is 0. The number of hydrogen-bond acceptors (Lipinski definition) is 3. The molecule has 0 aromatic carbocycles. The van der Waals surface area contributed by atoms with Gasteiger partial charge in [-0.25, -0.2) is 8.42 Å². The van der Waals surface area contributed by atoms with Gasteiger partial charge >= 0.3 is 0 Å². The lowest BCUT2D eigenvalue weighted by Crippen LogP contribution is -2.14. The Kier molecular flexibility index (Phi) is 6.10. The van der Waals surface area contributed by atoms with Crippen LogP contribution in [0.1, 0.15) is 19.8 Å². The molecule has 0 aromatic rings. The fourth-order valence-corrected chi connectivity index (χ4v) is 2.60. The van der Waals surface area contributed by atoms with Crippen molar-refractivity contribution >= 4 is 21.4 Å². The minimum Gasteiger partial charge on any atom is -0.229 e. The van der Waals surface area contributed by atoms with Crippen molar-refractivity contribution in [2.75, 3.05) is 17.4 Å². The van der Waals surface area contributed by atoms with Crippen LogP contribution in [0, 0.1) is 17.2 Å². The van der Waals surface area contributed by atoms with Crippen molar-refractivity contribution in [2.24, 2.45) is 5.92 Å². The van der Waals surface area contributed by atoms with E-state index < -0.39 is 9.84 Å². The van der Waals surface area contributed by atoms with Gasteiger partial charge in [0.1, 0.15) is 9.84 Å². The molecule has 0 aromatic heterocycles. The predicted molar refractivity (Wildman–Crippen MR) is 53.4 cm³/mol. The Labute approximate surface area is 84.6 Å². The summed E-state index contributed by atoms with van der Waals surface area (Å²) in [6.45, 7) is 1.82. The largest absolute Gasteiger partial charge is 0.229 e. The molecule has 0 spiro atoms. The van der Waals surface area contributed by atoms with Gasteiger partial charge < -0.3 is 0 Å². The Hall–Kier alpha value is -0.270. The van der Waals surface area contributed by atoms with Gasteiger partial charge in [-0.2, -0.15) is 5.26 Å². The van der Waals surface area contributed by atoms with Crippen LogP contribution < -0.4 is 0 Å². The molecule has 0 fully saturated rings. The molecule has 0 saturated heterocycles. The van der Waals surface area contributed by atoms with Gasteiger partial charge in [-0.15, -0.1) is 11.6 Å². The number of rotatable bonds is 6. The molecule has 0 aliphatic heterocycles. The summed E-state index contributed by atoms with van der Waals surface area (Å²) in [4.78, 5) is 0. The van der Waals surface area contributed by atoms with E-state index in [9.17, 15) is 8.42 Å². The van der Waals surface area contributed by atoms with Gasteiger partial charge in [-0.05, 0) is 12.8 Å². The smallest absolute Gasteiger partial charge is 0.150 e. The second-order valence-corrected chi connectivity index (χ2v) is 5.53. The van der Waals surface area contributed by atoms with Crippen LogP contribution in [0.4, 0.5) is 0 Å². The molecule has 0 heterocycles. The van der Waals surface area contributed by atoms with E-state index in [-0.39, 0.29) is 23.3 Å². The van der Waals surface area contributed by atoms with Gasteiger partial charge in [0.2, 0.25) is 0 Å². The Morgan fingerprint density at radius 3 is 2.46 bits per heavy atom. The minimum atomic E-state index is -2.96. The first kappa shape index (κ1) is 12.7. The third-order valence-electron chi connectivity index (χ3n) is 1.66.